The van der Waals surface area contributed by atoms with Crippen LogP contribution in [0.25, 0.3) is 0 Å². The molecule has 3 aromatic rings. The SMILES string of the molecule is COc1ccc(NC(C)=O)cc1NCC(=O)N1N=C(c2ccco2)CC1c1ccco1. The molecule has 1 aliphatic heterocycles. The number of ether oxygens (including phenoxy) is 1. The highest BCUT2D eigenvalue weighted by molar-refractivity contribution is 6.01. The van der Waals surface area contributed by atoms with E-state index in [0.29, 0.717) is 40.8 Å². The number of nitrogens with zero attached hydrogens (tertiary/aromatic N) is 2. The molecule has 3 heterocycles. The standard InChI is InChI=1S/C22H22N4O5/c1-14(27)24-15-7-8-19(29-2)16(11-15)23-13-22(28)26-18(21-6-4-10-31-21)12-17(25-26)20-5-3-9-30-20/h3-11,18,23H,12-13H2,1-2H3,(H,24,27). The Hall–Kier alpha value is -4.01. The third-order valence-corrected chi connectivity index (χ3v) is 4.79. The summed E-state index contributed by atoms with van der Waals surface area (Å²) in [6.45, 7) is 1.39. The lowest BCUT2D eigenvalue weighted by molar-refractivity contribution is -0.131. The Labute approximate surface area is 178 Å². The van der Waals surface area contributed by atoms with Crippen LogP contribution in [0.5, 0.6) is 5.75 Å². The lowest BCUT2D eigenvalue weighted by Gasteiger charge is -2.21. The van der Waals surface area contributed by atoms with Crippen LogP contribution >= 0.6 is 0 Å². The Balaban J connectivity index is 1.53. The predicted octanol–water partition coefficient (Wildman–Crippen LogP) is 3.63. The molecular weight excluding hydrogens is 400 g/mol. The molecule has 0 saturated heterocycles. The van der Waals surface area contributed by atoms with Crippen LogP contribution in [0.2, 0.25) is 0 Å². The average molecular weight is 422 g/mol. The van der Waals surface area contributed by atoms with Gasteiger partial charge in [0.2, 0.25) is 5.91 Å². The van der Waals surface area contributed by atoms with E-state index in [1.165, 1.54) is 19.0 Å². The van der Waals surface area contributed by atoms with Crippen molar-refractivity contribution >= 4 is 28.9 Å². The molecule has 0 fully saturated rings. The van der Waals surface area contributed by atoms with Crippen molar-refractivity contribution in [2.45, 2.75) is 19.4 Å². The van der Waals surface area contributed by atoms with E-state index in [1.807, 2.05) is 12.1 Å². The zero-order valence-electron chi connectivity index (χ0n) is 17.1. The topological polar surface area (TPSA) is 109 Å². The average Bonchev–Trinajstić information content (AvgIpc) is 3.52. The number of furan rings is 2. The summed E-state index contributed by atoms with van der Waals surface area (Å²) in [7, 11) is 1.54. The fourth-order valence-corrected chi connectivity index (χ4v) is 3.41. The minimum absolute atomic E-state index is 0.0357. The smallest absolute Gasteiger partial charge is 0.262 e. The van der Waals surface area contributed by atoms with Gasteiger partial charge in [0.1, 0.15) is 29.0 Å². The first kappa shape index (κ1) is 20.3. The van der Waals surface area contributed by atoms with Crippen LogP contribution < -0.4 is 15.4 Å². The lowest BCUT2D eigenvalue weighted by Crippen LogP contribution is -2.32. The molecule has 0 radical (unpaired) electrons. The summed E-state index contributed by atoms with van der Waals surface area (Å²) < 4.78 is 16.3. The number of amides is 2. The van der Waals surface area contributed by atoms with Crippen LogP contribution in [0.15, 0.2) is 68.9 Å². The van der Waals surface area contributed by atoms with Crippen molar-refractivity contribution in [3.63, 3.8) is 0 Å². The molecule has 0 spiro atoms. The van der Waals surface area contributed by atoms with Crippen LogP contribution in [0.1, 0.15) is 30.9 Å². The molecule has 0 bridgehead atoms. The highest BCUT2D eigenvalue weighted by Crippen LogP contribution is 2.33. The van der Waals surface area contributed by atoms with Crippen molar-refractivity contribution < 1.29 is 23.2 Å². The maximum atomic E-state index is 13.1. The Kier molecular flexibility index (Phi) is 5.74. The normalized spacial score (nSPS) is 15.5. The number of carbonyl (C=O) groups is 2. The van der Waals surface area contributed by atoms with Crippen molar-refractivity contribution in [3.8, 4) is 5.75 Å². The van der Waals surface area contributed by atoms with E-state index in [2.05, 4.69) is 15.7 Å². The number of hydrogen-bond donors (Lipinski definition) is 2. The van der Waals surface area contributed by atoms with E-state index < -0.39 is 0 Å². The summed E-state index contributed by atoms with van der Waals surface area (Å²) in [5, 5.41) is 11.7. The Morgan fingerprint density at radius 2 is 2.00 bits per heavy atom. The second kappa shape index (κ2) is 8.78. The van der Waals surface area contributed by atoms with Crippen LogP contribution in [-0.2, 0) is 9.59 Å². The molecule has 0 saturated carbocycles. The van der Waals surface area contributed by atoms with Crippen molar-refractivity contribution in [1.29, 1.82) is 0 Å². The largest absolute Gasteiger partial charge is 0.495 e. The zero-order valence-corrected chi connectivity index (χ0v) is 17.1. The summed E-state index contributed by atoms with van der Waals surface area (Å²) in [5.74, 6) is 1.36. The molecule has 1 unspecified atom stereocenters. The van der Waals surface area contributed by atoms with Crippen LogP contribution in [0, 0.1) is 0 Å². The number of rotatable bonds is 7. The monoisotopic (exact) mass is 422 g/mol. The van der Waals surface area contributed by atoms with Gasteiger partial charge in [-0.25, -0.2) is 5.01 Å². The molecule has 9 heteroatoms. The molecule has 1 aromatic carbocycles. The molecule has 31 heavy (non-hydrogen) atoms. The number of nitrogens with one attached hydrogen (secondary N) is 2. The summed E-state index contributed by atoms with van der Waals surface area (Å²) in [4.78, 5) is 24.4. The van der Waals surface area contributed by atoms with E-state index in [4.69, 9.17) is 13.6 Å². The van der Waals surface area contributed by atoms with Gasteiger partial charge in [0.15, 0.2) is 0 Å². The summed E-state index contributed by atoms with van der Waals surface area (Å²) >= 11 is 0. The fourth-order valence-electron chi connectivity index (χ4n) is 3.41. The Morgan fingerprint density at radius 1 is 1.19 bits per heavy atom. The first-order chi connectivity index (χ1) is 15.0. The molecule has 0 aliphatic carbocycles. The molecule has 1 atom stereocenters. The number of benzene rings is 1. The maximum absolute atomic E-state index is 13.1. The highest BCUT2D eigenvalue weighted by Gasteiger charge is 2.35. The first-order valence-electron chi connectivity index (χ1n) is 9.71. The van der Waals surface area contributed by atoms with Gasteiger partial charge in [-0.2, -0.15) is 5.10 Å². The summed E-state index contributed by atoms with van der Waals surface area (Å²) in [5.41, 5.74) is 1.84. The molecule has 160 valence electrons. The first-order valence-corrected chi connectivity index (χ1v) is 9.71. The van der Waals surface area contributed by atoms with Crippen molar-refractivity contribution in [3.05, 3.63) is 66.5 Å². The van der Waals surface area contributed by atoms with Crippen LogP contribution in [-0.4, -0.2) is 36.2 Å². The molecular formula is C22H22N4O5. The van der Waals surface area contributed by atoms with E-state index in [-0.39, 0.29) is 24.4 Å². The van der Waals surface area contributed by atoms with Gasteiger partial charge in [-0.3, -0.25) is 9.59 Å². The summed E-state index contributed by atoms with van der Waals surface area (Å²) in [6.07, 6.45) is 3.62. The predicted molar refractivity (Wildman–Crippen MR) is 114 cm³/mol. The molecule has 2 N–H and O–H groups in total. The third-order valence-electron chi connectivity index (χ3n) is 4.79. The van der Waals surface area contributed by atoms with Crippen molar-refractivity contribution in [2.75, 3.05) is 24.3 Å². The summed E-state index contributed by atoms with van der Waals surface area (Å²) in [6, 6.07) is 12.0. The van der Waals surface area contributed by atoms with Crippen LogP contribution in [0.3, 0.4) is 0 Å². The Morgan fingerprint density at radius 3 is 2.68 bits per heavy atom. The van der Waals surface area contributed by atoms with Gasteiger partial charge in [0.25, 0.3) is 5.91 Å². The number of hydrogen-bond acceptors (Lipinski definition) is 7. The zero-order chi connectivity index (χ0) is 21.8. The van der Waals surface area contributed by atoms with Gasteiger partial charge >= 0.3 is 0 Å². The van der Waals surface area contributed by atoms with Gasteiger partial charge in [0.05, 0.1) is 31.9 Å². The van der Waals surface area contributed by atoms with Gasteiger partial charge in [-0.05, 0) is 42.5 Å². The van der Waals surface area contributed by atoms with E-state index in [9.17, 15) is 9.59 Å². The minimum atomic E-state index is -0.364. The molecule has 4 rings (SSSR count). The number of methoxy groups -OCH3 is 1. The van der Waals surface area contributed by atoms with Gasteiger partial charge < -0.3 is 24.2 Å². The van der Waals surface area contributed by atoms with Gasteiger partial charge in [-0.1, -0.05) is 0 Å². The minimum Gasteiger partial charge on any atom is -0.495 e. The molecule has 9 nitrogen and oxygen atoms in total. The second-order valence-corrected chi connectivity index (χ2v) is 6.95. The van der Waals surface area contributed by atoms with Crippen molar-refractivity contribution in [1.82, 2.24) is 5.01 Å². The van der Waals surface area contributed by atoms with Gasteiger partial charge in [0, 0.05) is 19.0 Å². The molecule has 2 amide bonds. The van der Waals surface area contributed by atoms with E-state index in [0.717, 1.165) is 0 Å². The van der Waals surface area contributed by atoms with Crippen molar-refractivity contribution in [2.24, 2.45) is 5.10 Å². The van der Waals surface area contributed by atoms with E-state index >= 15 is 0 Å². The third kappa shape index (κ3) is 4.45. The lowest BCUT2D eigenvalue weighted by atomic mass is 10.1. The fraction of sp³-hybridized carbons (Fsp3) is 0.227. The van der Waals surface area contributed by atoms with Gasteiger partial charge in [-0.15, -0.1) is 0 Å². The number of hydrazone groups is 1. The number of carbonyl (C=O) groups excluding carboxylic acids is 2. The Bertz CT molecular complexity index is 1090. The molecule has 2 aromatic heterocycles. The molecule has 1 aliphatic rings. The quantitative estimate of drug-likeness (QED) is 0.602. The second-order valence-electron chi connectivity index (χ2n) is 6.95. The number of anilines is 2. The highest BCUT2D eigenvalue weighted by atomic mass is 16.5. The van der Waals surface area contributed by atoms with Crippen LogP contribution in [0.4, 0.5) is 11.4 Å². The van der Waals surface area contributed by atoms with E-state index in [1.54, 1.807) is 42.9 Å². The maximum Gasteiger partial charge on any atom is 0.262 e.